The fourth-order valence-electron chi connectivity index (χ4n) is 5.08. The standard InChI is InChI=1S/C24H25N7O3S/c1-13(32)23(33)30-5-3-17(4-6-30)31-20-16(12-29(2)24(31)34)10-26-22-18(20)8-19(35-22)14-7-15-11-27-28-21(15)25-9-14/h7-11,13,17,32H,3-6,12H2,1-2H3,(H,25,27,28)/t13-/m1/s1. The number of amides is 3. The van der Waals surface area contributed by atoms with Crippen molar-refractivity contribution in [1.29, 1.82) is 0 Å². The van der Waals surface area contributed by atoms with E-state index in [9.17, 15) is 14.7 Å². The molecule has 6 heterocycles. The van der Waals surface area contributed by atoms with Crippen LogP contribution in [0.15, 0.2) is 30.7 Å². The number of hydrogen-bond acceptors (Lipinski definition) is 7. The summed E-state index contributed by atoms with van der Waals surface area (Å²) < 4.78 is 0. The van der Waals surface area contributed by atoms with Gasteiger partial charge in [0.25, 0.3) is 5.91 Å². The summed E-state index contributed by atoms with van der Waals surface area (Å²) in [6.07, 6.45) is 5.74. The maximum absolute atomic E-state index is 13.4. The Morgan fingerprint density at radius 1 is 1.20 bits per heavy atom. The lowest BCUT2D eigenvalue weighted by Gasteiger charge is -2.43. The minimum atomic E-state index is -1.01. The van der Waals surface area contributed by atoms with Crippen LogP contribution in [0.5, 0.6) is 0 Å². The highest BCUT2D eigenvalue weighted by Crippen LogP contribution is 2.43. The van der Waals surface area contributed by atoms with Crippen molar-refractivity contribution in [3.8, 4) is 10.4 Å². The second kappa shape index (κ2) is 8.28. The molecule has 180 valence electrons. The maximum Gasteiger partial charge on any atom is 0.324 e. The third-order valence-electron chi connectivity index (χ3n) is 6.86. The lowest BCUT2D eigenvalue weighted by Crippen LogP contribution is -2.55. The maximum atomic E-state index is 13.4. The number of H-pyrrole nitrogens is 1. The lowest BCUT2D eigenvalue weighted by atomic mass is 9.99. The second-order valence-corrected chi connectivity index (χ2v) is 10.3. The van der Waals surface area contributed by atoms with E-state index in [2.05, 4.69) is 27.3 Å². The third kappa shape index (κ3) is 3.62. The number of aliphatic hydroxyl groups excluding tert-OH is 1. The van der Waals surface area contributed by atoms with Crippen LogP contribution in [-0.2, 0) is 11.3 Å². The Morgan fingerprint density at radius 3 is 2.77 bits per heavy atom. The second-order valence-electron chi connectivity index (χ2n) is 9.23. The lowest BCUT2D eigenvalue weighted by molar-refractivity contribution is -0.140. The van der Waals surface area contributed by atoms with Crippen LogP contribution in [0.3, 0.4) is 0 Å². The summed E-state index contributed by atoms with van der Waals surface area (Å²) in [5.41, 5.74) is 3.64. The Bertz CT molecular complexity index is 1450. The summed E-state index contributed by atoms with van der Waals surface area (Å²) >= 11 is 1.58. The molecule has 0 bridgehead atoms. The van der Waals surface area contributed by atoms with E-state index in [1.54, 1.807) is 34.4 Å². The third-order valence-corrected chi connectivity index (χ3v) is 7.96. The van der Waals surface area contributed by atoms with Gasteiger partial charge in [0.2, 0.25) is 0 Å². The summed E-state index contributed by atoms with van der Waals surface area (Å²) in [4.78, 5) is 42.1. The van der Waals surface area contributed by atoms with Crippen LogP contribution in [0.1, 0.15) is 25.3 Å². The summed E-state index contributed by atoms with van der Waals surface area (Å²) in [5, 5.41) is 18.5. The van der Waals surface area contributed by atoms with Crippen LogP contribution >= 0.6 is 11.3 Å². The van der Waals surface area contributed by atoms with Crippen molar-refractivity contribution in [1.82, 2.24) is 30.0 Å². The monoisotopic (exact) mass is 491 g/mol. The van der Waals surface area contributed by atoms with E-state index in [1.807, 2.05) is 17.3 Å². The number of thiophene rings is 1. The number of nitrogens with zero attached hydrogens (tertiary/aromatic N) is 6. The summed E-state index contributed by atoms with van der Waals surface area (Å²) in [5.74, 6) is -0.261. The Hall–Kier alpha value is -3.57. The Morgan fingerprint density at radius 2 is 2.00 bits per heavy atom. The number of piperidine rings is 1. The van der Waals surface area contributed by atoms with E-state index in [4.69, 9.17) is 4.98 Å². The van der Waals surface area contributed by atoms with Crippen LogP contribution in [0.2, 0.25) is 0 Å². The zero-order valence-corrected chi connectivity index (χ0v) is 20.2. The number of nitrogens with one attached hydrogen (secondary N) is 1. The zero-order valence-electron chi connectivity index (χ0n) is 19.4. The van der Waals surface area contributed by atoms with Crippen molar-refractivity contribution < 1.29 is 14.7 Å². The number of aliphatic hydroxyl groups is 1. The number of carbonyl (C=O) groups is 2. The van der Waals surface area contributed by atoms with Crippen molar-refractivity contribution in [3.63, 3.8) is 0 Å². The smallest absolute Gasteiger partial charge is 0.324 e. The van der Waals surface area contributed by atoms with Crippen molar-refractivity contribution in [2.45, 2.75) is 38.5 Å². The van der Waals surface area contributed by atoms with E-state index < -0.39 is 6.10 Å². The first kappa shape index (κ1) is 21.9. The summed E-state index contributed by atoms with van der Waals surface area (Å²) in [6, 6.07) is 4.07. The average molecular weight is 492 g/mol. The molecule has 3 amide bonds. The van der Waals surface area contributed by atoms with Crippen LogP contribution < -0.4 is 4.90 Å². The average Bonchev–Trinajstić information content (AvgIpc) is 3.51. The number of urea groups is 1. The number of aromatic amines is 1. The molecule has 0 aromatic carbocycles. The van der Waals surface area contributed by atoms with Gasteiger partial charge >= 0.3 is 6.03 Å². The zero-order chi connectivity index (χ0) is 24.3. The molecule has 6 rings (SSSR count). The van der Waals surface area contributed by atoms with Crippen molar-refractivity contribution >= 4 is 50.2 Å². The van der Waals surface area contributed by atoms with E-state index in [0.29, 0.717) is 32.5 Å². The molecule has 0 saturated carbocycles. The number of fused-ring (bicyclic) bond motifs is 4. The minimum Gasteiger partial charge on any atom is -0.384 e. The van der Waals surface area contributed by atoms with Crippen LogP contribution in [0.25, 0.3) is 31.7 Å². The number of aromatic nitrogens is 4. The van der Waals surface area contributed by atoms with E-state index in [-0.39, 0.29) is 18.0 Å². The number of hydrogen-bond donors (Lipinski definition) is 2. The molecule has 4 aromatic rings. The van der Waals surface area contributed by atoms with E-state index in [1.165, 1.54) is 6.92 Å². The predicted molar refractivity (Wildman–Crippen MR) is 133 cm³/mol. The highest BCUT2D eigenvalue weighted by atomic mass is 32.1. The van der Waals surface area contributed by atoms with E-state index >= 15 is 0 Å². The quantitative estimate of drug-likeness (QED) is 0.455. The number of anilines is 1. The molecule has 1 saturated heterocycles. The molecule has 1 atom stereocenters. The molecule has 0 radical (unpaired) electrons. The Balaban J connectivity index is 1.39. The summed E-state index contributed by atoms with van der Waals surface area (Å²) in [7, 11) is 1.80. The molecule has 0 unspecified atom stereocenters. The predicted octanol–water partition coefficient (Wildman–Crippen LogP) is 2.98. The molecule has 11 heteroatoms. The molecule has 10 nitrogen and oxygen atoms in total. The highest BCUT2D eigenvalue weighted by molar-refractivity contribution is 7.22. The molecule has 35 heavy (non-hydrogen) atoms. The van der Waals surface area contributed by atoms with Crippen molar-refractivity contribution in [2.24, 2.45) is 0 Å². The van der Waals surface area contributed by atoms with Gasteiger partial charge in [-0.15, -0.1) is 11.3 Å². The minimum absolute atomic E-state index is 0.0417. The van der Waals surface area contributed by atoms with Gasteiger partial charge in [0, 0.05) is 65.3 Å². The number of rotatable bonds is 3. The normalized spacial score (nSPS) is 17.9. The Labute approximate surface area is 205 Å². The van der Waals surface area contributed by atoms with Crippen LogP contribution in [-0.4, -0.2) is 79.3 Å². The summed E-state index contributed by atoms with van der Waals surface area (Å²) in [6.45, 7) is 3.01. The van der Waals surface area contributed by atoms with Gasteiger partial charge in [-0.3, -0.25) is 14.8 Å². The van der Waals surface area contributed by atoms with Crippen molar-refractivity contribution in [3.05, 3.63) is 36.3 Å². The topological polar surface area (TPSA) is 119 Å². The fourth-order valence-corrected chi connectivity index (χ4v) is 6.07. The first-order valence-corrected chi connectivity index (χ1v) is 12.4. The van der Waals surface area contributed by atoms with Crippen LogP contribution in [0, 0.1) is 0 Å². The Kier molecular flexibility index (Phi) is 5.19. The van der Waals surface area contributed by atoms with Crippen molar-refractivity contribution in [2.75, 3.05) is 25.0 Å². The van der Waals surface area contributed by atoms with Gasteiger partial charge in [-0.05, 0) is 31.9 Å². The fraction of sp³-hybridized carbons (Fsp3) is 0.375. The van der Waals surface area contributed by atoms with Gasteiger partial charge in [0.05, 0.1) is 18.4 Å². The van der Waals surface area contributed by atoms with Gasteiger partial charge in [-0.1, -0.05) is 0 Å². The first-order chi connectivity index (χ1) is 16.9. The van der Waals surface area contributed by atoms with Gasteiger partial charge < -0.3 is 14.9 Å². The first-order valence-electron chi connectivity index (χ1n) is 11.6. The molecule has 2 aliphatic heterocycles. The molecule has 0 spiro atoms. The molecule has 2 N–H and O–H groups in total. The van der Waals surface area contributed by atoms with Gasteiger partial charge in [-0.2, -0.15) is 5.10 Å². The number of carbonyl (C=O) groups excluding carboxylic acids is 2. The SMILES string of the molecule is C[C@@H](O)C(=O)N1CCC(N2C(=O)N(C)Cc3cnc4sc(-c5cnc6[nH]ncc6c5)cc4c32)CC1. The number of likely N-dealkylation sites (tertiary alicyclic amines) is 1. The largest absolute Gasteiger partial charge is 0.384 e. The molecule has 1 fully saturated rings. The van der Waals surface area contributed by atoms with Gasteiger partial charge in [0.1, 0.15) is 10.9 Å². The van der Waals surface area contributed by atoms with Gasteiger partial charge in [0.15, 0.2) is 5.65 Å². The molecule has 4 aromatic heterocycles. The molecule has 2 aliphatic rings. The van der Waals surface area contributed by atoms with E-state index in [0.717, 1.165) is 42.9 Å². The molecule has 0 aliphatic carbocycles. The number of pyridine rings is 2. The van der Waals surface area contributed by atoms with Crippen LogP contribution in [0.4, 0.5) is 10.5 Å². The molecular weight excluding hydrogens is 466 g/mol. The highest BCUT2D eigenvalue weighted by Gasteiger charge is 2.38. The molecular formula is C24H25N7O3S. The van der Waals surface area contributed by atoms with Gasteiger partial charge in [-0.25, -0.2) is 14.8 Å².